The van der Waals surface area contributed by atoms with Gasteiger partial charge in [-0.25, -0.2) is 4.98 Å². The van der Waals surface area contributed by atoms with Crippen LogP contribution in [0.1, 0.15) is 25.9 Å². The van der Waals surface area contributed by atoms with Crippen LogP contribution in [-0.2, 0) is 6.42 Å². The lowest BCUT2D eigenvalue weighted by Gasteiger charge is -2.36. The van der Waals surface area contributed by atoms with E-state index in [2.05, 4.69) is 22.0 Å². The van der Waals surface area contributed by atoms with Gasteiger partial charge in [0, 0.05) is 32.6 Å². The first-order valence-electron chi connectivity index (χ1n) is 9.44. The van der Waals surface area contributed by atoms with Gasteiger partial charge in [0.25, 0.3) is 5.91 Å². The van der Waals surface area contributed by atoms with Crippen molar-refractivity contribution in [2.45, 2.75) is 13.3 Å². The third-order valence-electron chi connectivity index (χ3n) is 5.02. The standard InChI is InChI=1S/C22H23N3O2S/c1-16-21(28-20(23-16)15-17-7-3-2-4-8-17)22(27)25-13-11-24(12-14-25)18-9-5-6-10-19(18)26/h2-10,26H,11-15H2,1H3. The fourth-order valence-corrected chi connectivity index (χ4v) is 4.59. The van der Waals surface area contributed by atoms with Crippen LogP contribution in [0.5, 0.6) is 5.75 Å². The summed E-state index contributed by atoms with van der Waals surface area (Å²) in [7, 11) is 0. The first kappa shape index (κ1) is 18.5. The number of carbonyl (C=O) groups excluding carboxylic acids is 1. The molecule has 4 rings (SSSR count). The Hall–Kier alpha value is -2.86. The normalized spacial score (nSPS) is 14.3. The number of hydrogen-bond acceptors (Lipinski definition) is 5. The molecule has 2 heterocycles. The second kappa shape index (κ2) is 8.02. The summed E-state index contributed by atoms with van der Waals surface area (Å²) in [6.07, 6.45) is 0.751. The maximum Gasteiger partial charge on any atom is 0.265 e. The number of rotatable bonds is 4. The van der Waals surface area contributed by atoms with Gasteiger partial charge in [0.05, 0.1) is 16.4 Å². The van der Waals surface area contributed by atoms with E-state index in [4.69, 9.17) is 0 Å². The number of aromatic nitrogens is 1. The van der Waals surface area contributed by atoms with Crippen molar-refractivity contribution in [1.29, 1.82) is 0 Å². The van der Waals surface area contributed by atoms with Gasteiger partial charge in [0.2, 0.25) is 0 Å². The fourth-order valence-electron chi connectivity index (χ4n) is 3.52. The summed E-state index contributed by atoms with van der Waals surface area (Å²) in [5.74, 6) is 0.345. The van der Waals surface area contributed by atoms with Crippen LogP contribution >= 0.6 is 11.3 Å². The van der Waals surface area contributed by atoms with Gasteiger partial charge in [-0.3, -0.25) is 4.79 Å². The summed E-state index contributed by atoms with van der Waals surface area (Å²) >= 11 is 1.50. The van der Waals surface area contributed by atoms with Crippen molar-refractivity contribution in [2.75, 3.05) is 31.1 Å². The number of phenolic OH excluding ortho intramolecular Hbond substituents is 1. The summed E-state index contributed by atoms with van der Waals surface area (Å²) in [6.45, 7) is 4.60. The van der Waals surface area contributed by atoms with Gasteiger partial charge in [-0.05, 0) is 24.6 Å². The number of carbonyl (C=O) groups is 1. The predicted octanol–water partition coefficient (Wildman–Crippen LogP) is 3.71. The molecular formula is C22H23N3O2S. The SMILES string of the molecule is Cc1nc(Cc2ccccc2)sc1C(=O)N1CCN(c2ccccc2O)CC1. The second-order valence-electron chi connectivity index (χ2n) is 6.95. The number of thiazole rings is 1. The molecule has 5 nitrogen and oxygen atoms in total. The van der Waals surface area contributed by atoms with E-state index in [9.17, 15) is 9.90 Å². The van der Waals surface area contributed by atoms with Gasteiger partial charge in [0.15, 0.2) is 0 Å². The molecule has 0 aliphatic carbocycles. The highest BCUT2D eigenvalue weighted by Crippen LogP contribution is 2.28. The molecule has 1 aliphatic rings. The Kier molecular flexibility index (Phi) is 5.30. The molecule has 1 saturated heterocycles. The topological polar surface area (TPSA) is 56.7 Å². The Labute approximate surface area is 168 Å². The third-order valence-corrected chi connectivity index (χ3v) is 6.17. The maximum atomic E-state index is 13.0. The highest BCUT2D eigenvalue weighted by molar-refractivity contribution is 7.13. The predicted molar refractivity (Wildman–Crippen MR) is 112 cm³/mol. The largest absolute Gasteiger partial charge is 0.506 e. The van der Waals surface area contributed by atoms with Crippen LogP contribution < -0.4 is 4.90 Å². The van der Waals surface area contributed by atoms with E-state index in [1.54, 1.807) is 6.07 Å². The molecule has 0 atom stereocenters. The Morgan fingerprint density at radius 1 is 1.04 bits per heavy atom. The van der Waals surface area contributed by atoms with Crippen molar-refractivity contribution in [2.24, 2.45) is 0 Å². The lowest BCUT2D eigenvalue weighted by molar-refractivity contribution is 0.0750. The highest BCUT2D eigenvalue weighted by atomic mass is 32.1. The number of aryl methyl sites for hydroxylation is 1. The van der Waals surface area contributed by atoms with Crippen molar-refractivity contribution in [3.63, 3.8) is 0 Å². The molecule has 1 aliphatic heterocycles. The zero-order valence-corrected chi connectivity index (χ0v) is 16.7. The molecular weight excluding hydrogens is 370 g/mol. The van der Waals surface area contributed by atoms with Crippen LogP contribution in [0.4, 0.5) is 5.69 Å². The number of phenols is 1. The van der Waals surface area contributed by atoms with Crippen molar-refractivity contribution in [1.82, 2.24) is 9.88 Å². The smallest absolute Gasteiger partial charge is 0.265 e. The number of piperazine rings is 1. The summed E-state index contributed by atoms with van der Waals surface area (Å²) in [5.41, 5.74) is 2.84. The van der Waals surface area contributed by atoms with Gasteiger partial charge >= 0.3 is 0 Å². The lowest BCUT2D eigenvalue weighted by atomic mass is 10.2. The summed E-state index contributed by atoms with van der Waals surface area (Å²) in [4.78, 5) is 22.4. The molecule has 0 spiro atoms. The average molecular weight is 394 g/mol. The van der Waals surface area contributed by atoms with Gasteiger partial charge in [-0.2, -0.15) is 0 Å². The molecule has 1 aromatic heterocycles. The van der Waals surface area contributed by atoms with Crippen molar-refractivity contribution in [3.05, 3.63) is 75.7 Å². The van der Waals surface area contributed by atoms with Crippen molar-refractivity contribution in [3.8, 4) is 5.75 Å². The van der Waals surface area contributed by atoms with Gasteiger partial charge < -0.3 is 14.9 Å². The van der Waals surface area contributed by atoms with Crippen LogP contribution in [0.2, 0.25) is 0 Å². The molecule has 0 saturated carbocycles. The fraction of sp³-hybridized carbons (Fsp3) is 0.273. The van der Waals surface area contributed by atoms with Gasteiger partial charge in [-0.1, -0.05) is 42.5 Å². The monoisotopic (exact) mass is 393 g/mol. The Morgan fingerprint density at radius 3 is 2.43 bits per heavy atom. The Bertz CT molecular complexity index is 963. The highest BCUT2D eigenvalue weighted by Gasteiger charge is 2.26. The minimum absolute atomic E-state index is 0.0613. The number of para-hydroxylation sites is 2. The van der Waals surface area contributed by atoms with E-state index in [1.807, 2.05) is 48.2 Å². The second-order valence-corrected chi connectivity index (χ2v) is 8.04. The zero-order chi connectivity index (χ0) is 19.5. The minimum atomic E-state index is 0.0613. The Morgan fingerprint density at radius 2 is 1.71 bits per heavy atom. The molecule has 0 radical (unpaired) electrons. The Balaban J connectivity index is 1.42. The van der Waals surface area contributed by atoms with Gasteiger partial charge in [-0.15, -0.1) is 11.3 Å². The quantitative estimate of drug-likeness (QED) is 0.734. The number of amides is 1. The van der Waals surface area contributed by atoms with E-state index in [0.29, 0.717) is 26.2 Å². The lowest BCUT2D eigenvalue weighted by Crippen LogP contribution is -2.48. The number of hydrogen-bond donors (Lipinski definition) is 1. The number of anilines is 1. The molecule has 2 aromatic carbocycles. The van der Waals surface area contributed by atoms with E-state index in [-0.39, 0.29) is 11.7 Å². The van der Waals surface area contributed by atoms with E-state index >= 15 is 0 Å². The average Bonchev–Trinajstić information content (AvgIpc) is 3.09. The first-order valence-corrected chi connectivity index (χ1v) is 10.3. The molecule has 0 bridgehead atoms. The number of benzene rings is 2. The number of nitrogens with zero attached hydrogens (tertiary/aromatic N) is 3. The van der Waals surface area contributed by atoms with Crippen LogP contribution in [0.15, 0.2) is 54.6 Å². The molecule has 1 fully saturated rings. The molecule has 28 heavy (non-hydrogen) atoms. The molecule has 1 N–H and O–H groups in total. The van der Waals surface area contributed by atoms with E-state index in [0.717, 1.165) is 27.7 Å². The van der Waals surface area contributed by atoms with Crippen LogP contribution in [0, 0.1) is 6.92 Å². The van der Waals surface area contributed by atoms with Crippen molar-refractivity contribution < 1.29 is 9.90 Å². The van der Waals surface area contributed by atoms with Gasteiger partial charge in [0.1, 0.15) is 10.6 Å². The zero-order valence-electron chi connectivity index (χ0n) is 15.8. The molecule has 6 heteroatoms. The molecule has 144 valence electrons. The van der Waals surface area contributed by atoms with E-state index in [1.165, 1.54) is 16.9 Å². The van der Waals surface area contributed by atoms with Crippen LogP contribution in [0.3, 0.4) is 0 Å². The third kappa shape index (κ3) is 3.87. The molecule has 0 unspecified atom stereocenters. The minimum Gasteiger partial charge on any atom is -0.506 e. The molecule has 1 amide bonds. The summed E-state index contributed by atoms with van der Waals surface area (Å²) in [5, 5.41) is 11.0. The van der Waals surface area contributed by atoms with Crippen LogP contribution in [0.25, 0.3) is 0 Å². The van der Waals surface area contributed by atoms with Crippen molar-refractivity contribution >= 4 is 22.9 Å². The molecule has 3 aromatic rings. The summed E-state index contributed by atoms with van der Waals surface area (Å²) < 4.78 is 0. The maximum absolute atomic E-state index is 13.0. The first-order chi connectivity index (χ1) is 13.6. The van der Waals surface area contributed by atoms with Crippen LogP contribution in [-0.4, -0.2) is 47.1 Å². The summed E-state index contributed by atoms with van der Waals surface area (Å²) in [6, 6.07) is 17.5. The number of aromatic hydroxyl groups is 1. The van der Waals surface area contributed by atoms with E-state index < -0.39 is 0 Å².